The number of urea groups is 1. The highest BCUT2D eigenvalue weighted by Crippen LogP contribution is 2.28. The molecule has 1 fully saturated rings. The molecule has 0 unspecified atom stereocenters. The van der Waals surface area contributed by atoms with E-state index in [4.69, 9.17) is 4.74 Å². The minimum Gasteiger partial charge on any atom is -0.465 e. The maximum atomic E-state index is 12.7. The topological polar surface area (TPSA) is 88.8 Å². The molecule has 0 bridgehead atoms. The molecule has 1 saturated heterocycles. The summed E-state index contributed by atoms with van der Waals surface area (Å²) in [5, 5.41) is 13.1. The van der Waals surface area contributed by atoms with Crippen molar-refractivity contribution in [1.29, 1.82) is 0 Å². The normalized spacial score (nSPS) is 17.1. The summed E-state index contributed by atoms with van der Waals surface area (Å²) in [6.45, 7) is 1.22. The lowest BCUT2D eigenvalue weighted by Crippen LogP contribution is -2.42. The zero-order valence-corrected chi connectivity index (χ0v) is 15.6. The quantitative estimate of drug-likeness (QED) is 0.700. The van der Waals surface area contributed by atoms with Gasteiger partial charge in [-0.2, -0.15) is 0 Å². The van der Waals surface area contributed by atoms with Gasteiger partial charge in [0.05, 0.1) is 12.8 Å². The van der Waals surface area contributed by atoms with Gasteiger partial charge in [0.15, 0.2) is 5.65 Å². The Balaban J connectivity index is 1.49. The number of anilines is 1. The number of hydrogen-bond acceptors (Lipinski definition) is 6. The number of rotatable bonds is 3. The number of carbonyl (C=O) groups is 2. The van der Waals surface area contributed by atoms with E-state index in [-0.39, 0.29) is 11.9 Å². The van der Waals surface area contributed by atoms with Crippen LogP contribution < -0.4 is 5.32 Å². The van der Waals surface area contributed by atoms with E-state index < -0.39 is 5.97 Å². The SMILES string of the molecule is COC(=O)c1sccc1NC(=O)N1CCC[C@@H](c2nnc3ccccn23)C1. The van der Waals surface area contributed by atoms with Crippen molar-refractivity contribution >= 4 is 34.7 Å². The van der Waals surface area contributed by atoms with Gasteiger partial charge in [0, 0.05) is 25.2 Å². The van der Waals surface area contributed by atoms with Gasteiger partial charge in [-0.1, -0.05) is 6.07 Å². The first kappa shape index (κ1) is 17.5. The molecule has 2 amide bonds. The molecule has 9 heteroatoms. The Bertz CT molecular complexity index is 982. The van der Waals surface area contributed by atoms with Gasteiger partial charge in [0.1, 0.15) is 10.7 Å². The molecule has 0 aromatic carbocycles. The summed E-state index contributed by atoms with van der Waals surface area (Å²) in [4.78, 5) is 26.7. The van der Waals surface area contributed by atoms with Crippen molar-refractivity contribution in [2.45, 2.75) is 18.8 Å². The van der Waals surface area contributed by atoms with Crippen molar-refractivity contribution in [3.8, 4) is 0 Å². The number of thiophene rings is 1. The molecule has 4 rings (SSSR count). The highest BCUT2D eigenvalue weighted by molar-refractivity contribution is 7.12. The van der Waals surface area contributed by atoms with Crippen LogP contribution in [-0.2, 0) is 4.74 Å². The molecule has 1 aliphatic rings. The maximum Gasteiger partial charge on any atom is 0.350 e. The van der Waals surface area contributed by atoms with Crippen molar-refractivity contribution in [1.82, 2.24) is 19.5 Å². The lowest BCUT2D eigenvalue weighted by molar-refractivity contribution is 0.0607. The summed E-state index contributed by atoms with van der Waals surface area (Å²) < 4.78 is 6.73. The number of likely N-dealkylation sites (tertiary alicyclic amines) is 1. The molecule has 1 N–H and O–H groups in total. The van der Waals surface area contributed by atoms with Crippen molar-refractivity contribution in [3.05, 3.63) is 46.5 Å². The van der Waals surface area contributed by atoms with Gasteiger partial charge in [-0.25, -0.2) is 9.59 Å². The first-order valence-corrected chi connectivity index (χ1v) is 9.56. The summed E-state index contributed by atoms with van der Waals surface area (Å²) in [5.74, 6) is 0.532. The van der Waals surface area contributed by atoms with E-state index in [0.717, 1.165) is 24.3 Å². The summed E-state index contributed by atoms with van der Waals surface area (Å²) in [6.07, 6.45) is 3.77. The lowest BCUT2D eigenvalue weighted by atomic mass is 9.97. The third kappa shape index (κ3) is 3.37. The second-order valence-corrected chi connectivity index (χ2v) is 7.27. The summed E-state index contributed by atoms with van der Waals surface area (Å²) in [6, 6.07) is 7.26. The number of esters is 1. The maximum absolute atomic E-state index is 12.7. The van der Waals surface area contributed by atoms with Crippen LogP contribution in [0.1, 0.15) is 34.3 Å². The monoisotopic (exact) mass is 385 g/mol. The van der Waals surface area contributed by atoms with E-state index in [1.807, 2.05) is 28.8 Å². The highest BCUT2D eigenvalue weighted by Gasteiger charge is 2.28. The Hall–Kier alpha value is -2.94. The van der Waals surface area contributed by atoms with Crippen LogP contribution in [0.2, 0.25) is 0 Å². The highest BCUT2D eigenvalue weighted by atomic mass is 32.1. The second kappa shape index (κ2) is 7.36. The van der Waals surface area contributed by atoms with E-state index in [1.165, 1.54) is 18.4 Å². The Morgan fingerprint density at radius 1 is 1.30 bits per heavy atom. The molecule has 8 nitrogen and oxygen atoms in total. The minimum atomic E-state index is -0.452. The molecule has 140 valence electrons. The predicted octanol–water partition coefficient (Wildman–Crippen LogP) is 2.99. The number of nitrogens with one attached hydrogen (secondary N) is 1. The number of ether oxygens (including phenoxy) is 1. The van der Waals surface area contributed by atoms with Crippen molar-refractivity contribution < 1.29 is 14.3 Å². The summed E-state index contributed by atoms with van der Waals surface area (Å²) in [7, 11) is 1.33. The van der Waals surface area contributed by atoms with Crippen LogP contribution in [-0.4, -0.2) is 51.7 Å². The van der Waals surface area contributed by atoms with Crippen LogP contribution >= 0.6 is 11.3 Å². The number of methoxy groups -OCH3 is 1. The first-order chi connectivity index (χ1) is 13.2. The van der Waals surface area contributed by atoms with Gasteiger partial charge in [-0.05, 0) is 36.4 Å². The van der Waals surface area contributed by atoms with Crippen molar-refractivity contribution in [3.63, 3.8) is 0 Å². The third-order valence-electron chi connectivity index (χ3n) is 4.69. The molecule has 27 heavy (non-hydrogen) atoms. The van der Waals surface area contributed by atoms with Crippen molar-refractivity contribution in [2.75, 3.05) is 25.5 Å². The first-order valence-electron chi connectivity index (χ1n) is 8.68. The van der Waals surface area contributed by atoms with E-state index in [0.29, 0.717) is 23.7 Å². The van der Waals surface area contributed by atoms with Crippen LogP contribution in [0.25, 0.3) is 5.65 Å². The number of pyridine rings is 1. The Morgan fingerprint density at radius 2 is 2.19 bits per heavy atom. The number of amides is 2. The van der Waals surface area contributed by atoms with Gasteiger partial charge >= 0.3 is 12.0 Å². The van der Waals surface area contributed by atoms with Gasteiger partial charge in [-0.3, -0.25) is 4.40 Å². The molecule has 1 atom stereocenters. The fourth-order valence-corrected chi connectivity index (χ4v) is 4.13. The van der Waals surface area contributed by atoms with Gasteiger partial charge in [-0.15, -0.1) is 21.5 Å². The number of aromatic nitrogens is 3. The van der Waals surface area contributed by atoms with Gasteiger partial charge in [0.2, 0.25) is 0 Å². The molecular formula is C18H19N5O3S. The Kier molecular flexibility index (Phi) is 4.76. The smallest absolute Gasteiger partial charge is 0.350 e. The molecule has 0 spiro atoms. The zero-order chi connectivity index (χ0) is 18.8. The van der Waals surface area contributed by atoms with E-state index in [9.17, 15) is 9.59 Å². The summed E-state index contributed by atoms with van der Waals surface area (Å²) >= 11 is 1.24. The lowest BCUT2D eigenvalue weighted by Gasteiger charge is -2.32. The van der Waals surface area contributed by atoms with Crippen LogP contribution in [0, 0.1) is 0 Å². The standard InChI is InChI=1S/C18H19N5O3S/c1-26-17(24)15-13(7-10-27-15)19-18(25)22-8-4-5-12(11-22)16-21-20-14-6-2-3-9-23(14)16/h2-3,6-7,9-10,12H,4-5,8,11H2,1H3,(H,19,25)/t12-/m1/s1. The molecule has 0 radical (unpaired) electrons. The van der Waals surface area contributed by atoms with Crippen LogP contribution in [0.15, 0.2) is 35.8 Å². The second-order valence-electron chi connectivity index (χ2n) is 6.36. The van der Waals surface area contributed by atoms with E-state index in [1.54, 1.807) is 16.3 Å². The molecular weight excluding hydrogens is 366 g/mol. The summed E-state index contributed by atoms with van der Waals surface area (Å²) in [5.41, 5.74) is 1.28. The Morgan fingerprint density at radius 3 is 3.04 bits per heavy atom. The largest absolute Gasteiger partial charge is 0.465 e. The van der Waals surface area contributed by atoms with Crippen LogP contribution in [0.5, 0.6) is 0 Å². The molecule has 0 saturated carbocycles. The molecule has 3 aromatic rings. The minimum absolute atomic E-state index is 0.115. The Labute approximate surface area is 159 Å². The fourth-order valence-electron chi connectivity index (χ4n) is 3.36. The van der Waals surface area contributed by atoms with Gasteiger partial charge < -0.3 is 15.0 Å². The van der Waals surface area contributed by atoms with Crippen molar-refractivity contribution in [2.24, 2.45) is 0 Å². The average molecular weight is 385 g/mol. The number of carbonyl (C=O) groups excluding carboxylic acids is 2. The van der Waals surface area contributed by atoms with E-state index in [2.05, 4.69) is 15.5 Å². The number of fused-ring (bicyclic) bond motifs is 1. The molecule has 0 aliphatic carbocycles. The van der Waals surface area contributed by atoms with Crippen LogP contribution in [0.3, 0.4) is 0 Å². The zero-order valence-electron chi connectivity index (χ0n) is 14.8. The number of piperidine rings is 1. The molecule has 4 heterocycles. The third-order valence-corrected chi connectivity index (χ3v) is 5.59. The molecule has 1 aliphatic heterocycles. The van der Waals surface area contributed by atoms with Crippen LogP contribution in [0.4, 0.5) is 10.5 Å². The number of nitrogens with zero attached hydrogens (tertiary/aromatic N) is 4. The fraction of sp³-hybridized carbons (Fsp3) is 0.333. The van der Waals surface area contributed by atoms with E-state index >= 15 is 0 Å². The molecule has 3 aromatic heterocycles. The average Bonchev–Trinajstić information content (AvgIpc) is 3.34. The predicted molar refractivity (Wildman–Crippen MR) is 101 cm³/mol. The number of hydrogen-bond donors (Lipinski definition) is 1. The van der Waals surface area contributed by atoms with Gasteiger partial charge in [0.25, 0.3) is 0 Å².